The van der Waals surface area contributed by atoms with Crippen molar-refractivity contribution >= 4 is 26.7 Å². The van der Waals surface area contributed by atoms with Crippen molar-refractivity contribution < 1.29 is 13.9 Å². The second kappa shape index (κ2) is 5.97. The van der Waals surface area contributed by atoms with E-state index in [9.17, 15) is 4.39 Å². The highest BCUT2D eigenvalue weighted by Gasteiger charge is 2.22. The molecule has 0 heterocycles. The van der Waals surface area contributed by atoms with Crippen LogP contribution in [0.5, 0.6) is 11.5 Å². The summed E-state index contributed by atoms with van der Waals surface area (Å²) < 4.78 is 26.2. The molecule has 0 bridgehead atoms. The van der Waals surface area contributed by atoms with Crippen LogP contribution >= 0.6 is 15.9 Å². The summed E-state index contributed by atoms with van der Waals surface area (Å²) in [5.74, 6) is 0.771. The molecule has 0 atom stereocenters. The fourth-order valence-electron chi connectivity index (χ4n) is 2.66. The Kier molecular flexibility index (Phi) is 4.03. The predicted molar refractivity (Wildman–Crippen MR) is 90.1 cm³/mol. The standard InChI is InChI=1S/C18H14BrFO2/c1-21-17-15(13-9-5-6-10-14(13)20)11-7-3-4-8-12(11)16(19)18(17)22-2/h3-10H,1-2H3. The molecule has 112 valence electrons. The second-order valence-corrected chi connectivity index (χ2v) is 5.57. The van der Waals surface area contributed by atoms with Gasteiger partial charge in [0.05, 0.1) is 18.7 Å². The summed E-state index contributed by atoms with van der Waals surface area (Å²) in [5, 5.41) is 1.84. The first-order valence-electron chi connectivity index (χ1n) is 6.76. The molecular formula is C18H14BrFO2. The van der Waals surface area contributed by atoms with Crippen LogP contribution in [0, 0.1) is 5.82 Å². The fraction of sp³-hybridized carbons (Fsp3) is 0.111. The quantitative estimate of drug-likeness (QED) is 0.620. The van der Waals surface area contributed by atoms with Crippen molar-refractivity contribution in [3.05, 3.63) is 58.8 Å². The molecule has 0 aliphatic carbocycles. The Bertz CT molecular complexity index is 846. The minimum Gasteiger partial charge on any atom is -0.492 e. The minimum atomic E-state index is -0.296. The topological polar surface area (TPSA) is 18.5 Å². The lowest BCUT2D eigenvalue weighted by Crippen LogP contribution is -1.97. The van der Waals surface area contributed by atoms with Crippen LogP contribution < -0.4 is 9.47 Å². The SMILES string of the molecule is COc1c(OC)c(-c2ccccc2F)c2ccccc2c1Br. The number of ether oxygens (including phenoxy) is 2. The van der Waals surface area contributed by atoms with Gasteiger partial charge in [0.2, 0.25) is 0 Å². The number of rotatable bonds is 3. The summed E-state index contributed by atoms with van der Waals surface area (Å²) >= 11 is 3.56. The molecule has 3 rings (SSSR count). The van der Waals surface area contributed by atoms with Gasteiger partial charge in [-0.3, -0.25) is 0 Å². The van der Waals surface area contributed by atoms with E-state index in [1.54, 1.807) is 32.4 Å². The zero-order valence-electron chi connectivity index (χ0n) is 12.2. The van der Waals surface area contributed by atoms with Crippen molar-refractivity contribution in [3.8, 4) is 22.6 Å². The number of hydrogen-bond acceptors (Lipinski definition) is 2. The summed E-state index contributed by atoms with van der Waals surface area (Å²) in [6.45, 7) is 0. The molecular weight excluding hydrogens is 347 g/mol. The van der Waals surface area contributed by atoms with E-state index in [2.05, 4.69) is 15.9 Å². The molecule has 0 saturated heterocycles. The Labute approximate surface area is 136 Å². The van der Waals surface area contributed by atoms with Crippen molar-refractivity contribution in [2.75, 3.05) is 14.2 Å². The molecule has 0 aliphatic heterocycles. The van der Waals surface area contributed by atoms with Crippen molar-refractivity contribution in [2.24, 2.45) is 0 Å². The maximum atomic E-state index is 14.3. The molecule has 0 radical (unpaired) electrons. The second-order valence-electron chi connectivity index (χ2n) is 4.78. The van der Waals surface area contributed by atoms with Crippen LogP contribution in [0.25, 0.3) is 21.9 Å². The third kappa shape index (κ3) is 2.24. The molecule has 0 unspecified atom stereocenters. The van der Waals surface area contributed by atoms with Crippen LogP contribution in [0.2, 0.25) is 0 Å². The molecule has 3 aromatic carbocycles. The van der Waals surface area contributed by atoms with Crippen molar-refractivity contribution in [3.63, 3.8) is 0 Å². The maximum Gasteiger partial charge on any atom is 0.176 e. The fourth-order valence-corrected chi connectivity index (χ4v) is 3.35. The number of methoxy groups -OCH3 is 2. The van der Waals surface area contributed by atoms with Crippen LogP contribution in [-0.2, 0) is 0 Å². The molecule has 3 aromatic rings. The van der Waals surface area contributed by atoms with Crippen LogP contribution in [0.15, 0.2) is 53.0 Å². The van der Waals surface area contributed by atoms with Gasteiger partial charge >= 0.3 is 0 Å². The van der Waals surface area contributed by atoms with Crippen molar-refractivity contribution in [2.45, 2.75) is 0 Å². The summed E-state index contributed by atoms with van der Waals surface area (Å²) in [6, 6.07) is 14.4. The van der Waals surface area contributed by atoms with Crippen LogP contribution in [-0.4, -0.2) is 14.2 Å². The third-order valence-electron chi connectivity index (χ3n) is 3.62. The molecule has 2 nitrogen and oxygen atoms in total. The largest absolute Gasteiger partial charge is 0.492 e. The number of halogens is 2. The number of benzene rings is 3. The zero-order chi connectivity index (χ0) is 15.7. The predicted octanol–water partition coefficient (Wildman–Crippen LogP) is 5.43. The lowest BCUT2D eigenvalue weighted by molar-refractivity contribution is 0.355. The summed E-state index contributed by atoms with van der Waals surface area (Å²) in [5.41, 5.74) is 1.18. The van der Waals surface area contributed by atoms with Gasteiger partial charge in [-0.05, 0) is 27.4 Å². The summed E-state index contributed by atoms with van der Waals surface area (Å²) in [4.78, 5) is 0. The summed E-state index contributed by atoms with van der Waals surface area (Å²) in [6.07, 6.45) is 0. The molecule has 0 aliphatic rings. The smallest absolute Gasteiger partial charge is 0.176 e. The molecule has 0 saturated carbocycles. The van der Waals surface area contributed by atoms with E-state index in [4.69, 9.17) is 9.47 Å². The Balaban J connectivity index is 2.52. The van der Waals surface area contributed by atoms with Gasteiger partial charge in [-0.2, -0.15) is 0 Å². The van der Waals surface area contributed by atoms with Gasteiger partial charge in [0, 0.05) is 16.5 Å². The van der Waals surface area contributed by atoms with E-state index < -0.39 is 0 Å². The Hall–Kier alpha value is -2.07. The molecule has 0 spiro atoms. The van der Waals surface area contributed by atoms with Crippen LogP contribution in [0.3, 0.4) is 0 Å². The molecule has 0 aromatic heterocycles. The Morgan fingerprint density at radius 3 is 2.05 bits per heavy atom. The molecule has 0 fully saturated rings. The first kappa shape index (κ1) is 14.9. The normalized spacial score (nSPS) is 10.7. The van der Waals surface area contributed by atoms with Gasteiger partial charge < -0.3 is 9.47 Å². The van der Waals surface area contributed by atoms with E-state index in [0.29, 0.717) is 22.6 Å². The van der Waals surface area contributed by atoms with Crippen LogP contribution in [0.1, 0.15) is 0 Å². The molecule has 22 heavy (non-hydrogen) atoms. The van der Waals surface area contributed by atoms with E-state index in [0.717, 1.165) is 15.2 Å². The van der Waals surface area contributed by atoms with Crippen molar-refractivity contribution in [1.29, 1.82) is 0 Å². The van der Waals surface area contributed by atoms with Gasteiger partial charge in [-0.25, -0.2) is 4.39 Å². The van der Waals surface area contributed by atoms with Gasteiger partial charge in [0.25, 0.3) is 0 Å². The van der Waals surface area contributed by atoms with E-state index in [1.807, 2.05) is 24.3 Å². The molecule has 0 N–H and O–H groups in total. The monoisotopic (exact) mass is 360 g/mol. The minimum absolute atomic E-state index is 0.296. The first-order valence-corrected chi connectivity index (χ1v) is 7.55. The highest BCUT2D eigenvalue weighted by molar-refractivity contribution is 9.10. The highest BCUT2D eigenvalue weighted by Crippen LogP contribution is 2.49. The molecule has 4 heteroatoms. The average Bonchev–Trinajstić information content (AvgIpc) is 2.55. The average molecular weight is 361 g/mol. The third-order valence-corrected chi connectivity index (χ3v) is 4.40. The Morgan fingerprint density at radius 2 is 1.41 bits per heavy atom. The number of hydrogen-bond donors (Lipinski definition) is 0. The summed E-state index contributed by atoms with van der Waals surface area (Å²) in [7, 11) is 3.13. The lowest BCUT2D eigenvalue weighted by Gasteiger charge is -2.18. The zero-order valence-corrected chi connectivity index (χ0v) is 13.8. The Morgan fingerprint density at radius 1 is 0.818 bits per heavy atom. The van der Waals surface area contributed by atoms with E-state index >= 15 is 0 Å². The lowest BCUT2D eigenvalue weighted by atomic mass is 9.96. The number of fused-ring (bicyclic) bond motifs is 1. The maximum absolute atomic E-state index is 14.3. The van der Waals surface area contributed by atoms with Crippen LogP contribution in [0.4, 0.5) is 4.39 Å². The van der Waals surface area contributed by atoms with Gasteiger partial charge in [-0.1, -0.05) is 42.5 Å². The highest BCUT2D eigenvalue weighted by atomic mass is 79.9. The van der Waals surface area contributed by atoms with E-state index in [-0.39, 0.29) is 5.82 Å². The van der Waals surface area contributed by atoms with Crippen molar-refractivity contribution in [1.82, 2.24) is 0 Å². The first-order chi connectivity index (χ1) is 10.7. The van der Waals surface area contributed by atoms with Gasteiger partial charge in [0.1, 0.15) is 5.82 Å². The van der Waals surface area contributed by atoms with Gasteiger partial charge in [-0.15, -0.1) is 0 Å². The van der Waals surface area contributed by atoms with E-state index in [1.165, 1.54) is 6.07 Å². The molecule has 0 amide bonds. The van der Waals surface area contributed by atoms with Gasteiger partial charge in [0.15, 0.2) is 11.5 Å².